The van der Waals surface area contributed by atoms with Crippen LogP contribution in [0.3, 0.4) is 0 Å². The highest BCUT2D eigenvalue weighted by molar-refractivity contribution is 8.00. The fourth-order valence-corrected chi connectivity index (χ4v) is 4.68. The van der Waals surface area contributed by atoms with Crippen molar-refractivity contribution in [3.63, 3.8) is 0 Å². The summed E-state index contributed by atoms with van der Waals surface area (Å²) in [7, 11) is 0. The number of thioether (sulfide) groups is 1. The Hall–Kier alpha value is -1.49. The van der Waals surface area contributed by atoms with Gasteiger partial charge in [0.05, 0.1) is 12.0 Å². The van der Waals surface area contributed by atoms with Crippen molar-refractivity contribution in [2.45, 2.75) is 58.4 Å². The van der Waals surface area contributed by atoms with E-state index in [1.165, 1.54) is 0 Å². The molecule has 0 aromatic heterocycles. The predicted octanol–water partition coefficient (Wildman–Crippen LogP) is 4.13. The standard InChI is InChI=1S/C21H31NO3S/c1-15(2)12-20-22(18(14-26-20)21(24)25-13-16(3)4)19(23)11-10-17-8-6-5-7-9-17/h5-9,15-16,18,20H,10-14H2,1-4H3. The molecule has 2 atom stereocenters. The molecule has 2 unspecified atom stereocenters. The Morgan fingerprint density at radius 3 is 2.46 bits per heavy atom. The molecule has 1 fully saturated rings. The zero-order chi connectivity index (χ0) is 19.1. The van der Waals surface area contributed by atoms with Crippen LogP contribution in [0.5, 0.6) is 0 Å². The molecule has 144 valence electrons. The average Bonchev–Trinajstić information content (AvgIpc) is 3.01. The largest absolute Gasteiger partial charge is 0.464 e. The van der Waals surface area contributed by atoms with E-state index in [1.54, 1.807) is 16.7 Å². The minimum Gasteiger partial charge on any atom is -0.464 e. The van der Waals surface area contributed by atoms with E-state index in [4.69, 9.17) is 4.74 Å². The van der Waals surface area contributed by atoms with Crippen LogP contribution in [0.1, 0.15) is 46.1 Å². The maximum absolute atomic E-state index is 13.0. The second kappa shape index (κ2) is 10.0. The van der Waals surface area contributed by atoms with Crippen molar-refractivity contribution >= 4 is 23.6 Å². The minimum absolute atomic E-state index is 0.0519. The van der Waals surface area contributed by atoms with E-state index in [-0.39, 0.29) is 17.3 Å². The third kappa shape index (κ3) is 6.04. The number of aryl methyl sites for hydroxylation is 1. The van der Waals surface area contributed by atoms with Crippen LogP contribution in [0.25, 0.3) is 0 Å². The first kappa shape index (κ1) is 20.8. The lowest BCUT2D eigenvalue weighted by molar-refractivity contribution is -0.155. The molecular weight excluding hydrogens is 346 g/mol. The van der Waals surface area contributed by atoms with Gasteiger partial charge in [-0.1, -0.05) is 58.0 Å². The van der Waals surface area contributed by atoms with E-state index in [9.17, 15) is 9.59 Å². The first-order valence-electron chi connectivity index (χ1n) is 9.51. The molecule has 1 aromatic rings. The van der Waals surface area contributed by atoms with Crippen LogP contribution in [0.15, 0.2) is 30.3 Å². The highest BCUT2D eigenvalue weighted by Gasteiger charge is 2.42. The quantitative estimate of drug-likeness (QED) is 0.639. The molecule has 0 N–H and O–H groups in total. The molecule has 0 bridgehead atoms. The summed E-state index contributed by atoms with van der Waals surface area (Å²) in [5, 5.41) is 0.0647. The lowest BCUT2D eigenvalue weighted by Crippen LogP contribution is -2.47. The third-order valence-electron chi connectivity index (χ3n) is 4.35. The van der Waals surface area contributed by atoms with Crippen LogP contribution < -0.4 is 0 Å². The summed E-state index contributed by atoms with van der Waals surface area (Å²) in [5.41, 5.74) is 1.15. The van der Waals surface area contributed by atoms with Crippen molar-refractivity contribution in [1.82, 2.24) is 4.90 Å². The van der Waals surface area contributed by atoms with Crippen molar-refractivity contribution in [3.8, 4) is 0 Å². The molecule has 1 aliphatic rings. The normalized spacial score (nSPS) is 20.0. The van der Waals surface area contributed by atoms with Crippen LogP contribution in [0.2, 0.25) is 0 Å². The summed E-state index contributed by atoms with van der Waals surface area (Å²) in [5.74, 6) is 1.19. The first-order valence-corrected chi connectivity index (χ1v) is 10.6. The Labute approximate surface area is 161 Å². The fourth-order valence-electron chi connectivity index (χ4n) is 3.03. The highest BCUT2D eigenvalue weighted by atomic mass is 32.2. The lowest BCUT2D eigenvalue weighted by atomic mass is 10.1. The third-order valence-corrected chi connectivity index (χ3v) is 5.67. The maximum atomic E-state index is 13.0. The molecule has 0 aliphatic carbocycles. The number of nitrogens with zero attached hydrogens (tertiary/aromatic N) is 1. The second-order valence-electron chi connectivity index (χ2n) is 7.74. The minimum atomic E-state index is -0.453. The highest BCUT2D eigenvalue weighted by Crippen LogP contribution is 2.34. The number of carbonyl (C=O) groups excluding carboxylic acids is 2. The SMILES string of the molecule is CC(C)COC(=O)C1CSC(CC(C)C)N1C(=O)CCc1ccccc1. The van der Waals surface area contributed by atoms with Gasteiger partial charge in [-0.3, -0.25) is 4.79 Å². The van der Waals surface area contributed by atoms with Crippen LogP contribution in [-0.2, 0) is 20.7 Å². The summed E-state index contributed by atoms with van der Waals surface area (Å²) >= 11 is 1.70. The number of benzene rings is 1. The maximum Gasteiger partial charge on any atom is 0.329 e. The van der Waals surface area contributed by atoms with Gasteiger partial charge in [-0.15, -0.1) is 11.8 Å². The molecule has 2 rings (SSSR count). The van der Waals surface area contributed by atoms with Gasteiger partial charge in [-0.2, -0.15) is 0 Å². The van der Waals surface area contributed by atoms with Crippen molar-refractivity contribution < 1.29 is 14.3 Å². The monoisotopic (exact) mass is 377 g/mol. The molecular formula is C21H31NO3S. The number of ether oxygens (including phenoxy) is 1. The van der Waals surface area contributed by atoms with Gasteiger partial charge in [0.2, 0.25) is 5.91 Å². The molecule has 1 aliphatic heterocycles. The topological polar surface area (TPSA) is 46.6 Å². The molecule has 0 radical (unpaired) electrons. The predicted molar refractivity (Wildman–Crippen MR) is 107 cm³/mol. The summed E-state index contributed by atoms with van der Waals surface area (Å²) < 4.78 is 5.44. The smallest absolute Gasteiger partial charge is 0.329 e. The zero-order valence-electron chi connectivity index (χ0n) is 16.3. The summed E-state index contributed by atoms with van der Waals surface area (Å²) in [6.07, 6.45) is 2.02. The number of carbonyl (C=O) groups is 2. The van der Waals surface area contributed by atoms with Crippen LogP contribution in [-0.4, -0.2) is 40.6 Å². The summed E-state index contributed by atoms with van der Waals surface area (Å²) in [6.45, 7) is 8.73. The van der Waals surface area contributed by atoms with Crippen molar-refractivity contribution in [3.05, 3.63) is 35.9 Å². The van der Waals surface area contributed by atoms with Gasteiger partial charge in [-0.25, -0.2) is 4.79 Å². The van der Waals surface area contributed by atoms with Gasteiger partial charge < -0.3 is 9.64 Å². The van der Waals surface area contributed by atoms with E-state index in [1.807, 2.05) is 44.2 Å². The van der Waals surface area contributed by atoms with Crippen molar-refractivity contribution in [2.24, 2.45) is 11.8 Å². The van der Waals surface area contributed by atoms with Crippen LogP contribution in [0.4, 0.5) is 0 Å². The van der Waals surface area contributed by atoms with Gasteiger partial charge in [0.15, 0.2) is 0 Å². The van der Waals surface area contributed by atoms with E-state index in [0.717, 1.165) is 12.0 Å². The Morgan fingerprint density at radius 2 is 1.85 bits per heavy atom. The van der Waals surface area contributed by atoms with E-state index in [0.29, 0.717) is 37.0 Å². The molecule has 1 saturated heterocycles. The number of hydrogen-bond acceptors (Lipinski definition) is 4. The van der Waals surface area contributed by atoms with Crippen molar-refractivity contribution in [1.29, 1.82) is 0 Å². The summed E-state index contributed by atoms with van der Waals surface area (Å²) in [6, 6.07) is 9.56. The first-order chi connectivity index (χ1) is 12.4. The fraction of sp³-hybridized carbons (Fsp3) is 0.619. The Bertz CT molecular complexity index is 588. The molecule has 5 heteroatoms. The average molecular weight is 378 g/mol. The molecule has 0 saturated carbocycles. The molecule has 4 nitrogen and oxygen atoms in total. The van der Waals surface area contributed by atoms with Crippen LogP contribution >= 0.6 is 11.8 Å². The Balaban J connectivity index is 2.05. The van der Waals surface area contributed by atoms with Crippen LogP contribution in [0, 0.1) is 11.8 Å². The Morgan fingerprint density at radius 1 is 1.15 bits per heavy atom. The molecule has 1 amide bonds. The number of esters is 1. The number of amides is 1. The van der Waals surface area contributed by atoms with Crippen molar-refractivity contribution in [2.75, 3.05) is 12.4 Å². The summed E-state index contributed by atoms with van der Waals surface area (Å²) in [4.78, 5) is 27.3. The molecule has 0 spiro atoms. The van der Waals surface area contributed by atoms with E-state index in [2.05, 4.69) is 13.8 Å². The van der Waals surface area contributed by atoms with Gasteiger partial charge in [0.25, 0.3) is 0 Å². The molecule has 26 heavy (non-hydrogen) atoms. The van der Waals surface area contributed by atoms with Gasteiger partial charge in [-0.05, 0) is 30.2 Å². The van der Waals surface area contributed by atoms with Gasteiger partial charge in [0, 0.05) is 12.2 Å². The van der Waals surface area contributed by atoms with Gasteiger partial charge in [0.1, 0.15) is 6.04 Å². The Kier molecular flexibility index (Phi) is 8.01. The second-order valence-corrected chi connectivity index (χ2v) is 8.95. The lowest BCUT2D eigenvalue weighted by Gasteiger charge is -2.29. The van der Waals surface area contributed by atoms with E-state index < -0.39 is 6.04 Å². The molecule has 1 heterocycles. The molecule has 1 aromatic carbocycles. The number of hydrogen-bond donors (Lipinski definition) is 0. The zero-order valence-corrected chi connectivity index (χ0v) is 17.1. The van der Waals surface area contributed by atoms with E-state index >= 15 is 0 Å². The number of rotatable bonds is 8. The van der Waals surface area contributed by atoms with Gasteiger partial charge >= 0.3 is 5.97 Å².